The number of piperazine rings is 1. The minimum absolute atomic E-state index is 0.162. The summed E-state index contributed by atoms with van der Waals surface area (Å²) in [6.45, 7) is 5.27. The Hall–Kier alpha value is -1.88. The highest BCUT2D eigenvalue weighted by atomic mass is 32.2. The smallest absolute Gasteiger partial charge is 0.276 e. The number of aryl methyl sites for hydroxylation is 1. The van der Waals surface area contributed by atoms with E-state index in [1.165, 1.54) is 10.4 Å². The number of halogens is 1. The van der Waals surface area contributed by atoms with Crippen LogP contribution in [0.3, 0.4) is 0 Å². The van der Waals surface area contributed by atoms with Crippen molar-refractivity contribution in [3.8, 4) is 11.4 Å². The third-order valence-electron chi connectivity index (χ3n) is 4.40. The molecule has 25 heavy (non-hydrogen) atoms. The van der Waals surface area contributed by atoms with Gasteiger partial charge in [0, 0.05) is 31.7 Å². The van der Waals surface area contributed by atoms with Crippen LogP contribution in [0.2, 0.25) is 0 Å². The van der Waals surface area contributed by atoms with Gasteiger partial charge >= 0.3 is 0 Å². The fourth-order valence-corrected chi connectivity index (χ4v) is 3.48. The Morgan fingerprint density at radius 1 is 1.28 bits per heavy atom. The van der Waals surface area contributed by atoms with Crippen LogP contribution in [0.5, 0.6) is 0 Å². The van der Waals surface area contributed by atoms with Gasteiger partial charge in [-0.15, -0.1) is 0 Å². The fourth-order valence-electron chi connectivity index (χ4n) is 2.81. The van der Waals surface area contributed by atoms with Crippen LogP contribution in [-0.4, -0.2) is 53.9 Å². The summed E-state index contributed by atoms with van der Waals surface area (Å²) in [5.74, 6) is 0.544. The summed E-state index contributed by atoms with van der Waals surface area (Å²) in [6, 6.07) is 4.48. The van der Waals surface area contributed by atoms with Crippen molar-refractivity contribution in [1.29, 1.82) is 0 Å². The summed E-state index contributed by atoms with van der Waals surface area (Å²) in [5.41, 5.74) is 1.19. The highest BCUT2D eigenvalue weighted by Crippen LogP contribution is 2.24. The van der Waals surface area contributed by atoms with Crippen molar-refractivity contribution in [3.05, 3.63) is 35.5 Å². The number of rotatable bonds is 4. The predicted molar refractivity (Wildman–Crippen MR) is 89.1 cm³/mol. The molecule has 1 aromatic carbocycles. The largest absolute Gasteiger partial charge is 0.337 e. The molecule has 0 radical (unpaired) electrons. The van der Waals surface area contributed by atoms with Gasteiger partial charge in [0.15, 0.2) is 0 Å². The molecular formula is C15H20FN5O3S. The first kappa shape index (κ1) is 17.9. The lowest BCUT2D eigenvalue weighted by atomic mass is 10.1. The molecule has 2 aromatic rings. The molecule has 136 valence electrons. The Morgan fingerprint density at radius 2 is 1.96 bits per heavy atom. The molecule has 0 amide bonds. The Kier molecular flexibility index (Phi) is 4.87. The summed E-state index contributed by atoms with van der Waals surface area (Å²) in [6.07, 6.45) is 0. The zero-order chi connectivity index (χ0) is 18.2. The fraction of sp³-hybridized carbons (Fsp3) is 0.467. The van der Waals surface area contributed by atoms with Gasteiger partial charge in [0.25, 0.3) is 10.2 Å². The molecule has 1 aliphatic rings. The van der Waals surface area contributed by atoms with Gasteiger partial charge < -0.3 is 4.52 Å². The van der Waals surface area contributed by atoms with Crippen LogP contribution in [0.25, 0.3) is 11.4 Å². The van der Waals surface area contributed by atoms with Crippen LogP contribution >= 0.6 is 0 Å². The van der Waals surface area contributed by atoms with E-state index in [0.717, 1.165) is 0 Å². The summed E-state index contributed by atoms with van der Waals surface area (Å²) in [7, 11) is -3.65. The SMILES string of the molecule is Cc1cc(-c2noc(C(C)N3CCN(S(N)(=O)=O)CC3)n2)ccc1F. The van der Waals surface area contributed by atoms with Crippen LogP contribution < -0.4 is 5.14 Å². The molecule has 1 fully saturated rings. The van der Waals surface area contributed by atoms with E-state index in [9.17, 15) is 12.8 Å². The first-order valence-corrected chi connectivity index (χ1v) is 9.38. The molecule has 1 unspecified atom stereocenters. The molecule has 1 aromatic heterocycles. The van der Waals surface area contributed by atoms with E-state index in [4.69, 9.17) is 9.66 Å². The van der Waals surface area contributed by atoms with Crippen LogP contribution in [0.15, 0.2) is 22.7 Å². The Bertz CT molecular complexity index is 862. The van der Waals surface area contributed by atoms with Crippen LogP contribution in [0, 0.1) is 12.7 Å². The van der Waals surface area contributed by atoms with Gasteiger partial charge in [-0.1, -0.05) is 5.16 Å². The van der Waals surface area contributed by atoms with Gasteiger partial charge in [0.05, 0.1) is 6.04 Å². The number of hydrogen-bond donors (Lipinski definition) is 1. The number of nitrogens with zero attached hydrogens (tertiary/aromatic N) is 4. The van der Waals surface area contributed by atoms with Crippen LogP contribution in [-0.2, 0) is 10.2 Å². The van der Waals surface area contributed by atoms with Crippen molar-refractivity contribution in [2.24, 2.45) is 5.14 Å². The molecule has 0 bridgehead atoms. The quantitative estimate of drug-likeness (QED) is 0.864. The summed E-state index contributed by atoms with van der Waals surface area (Å²) in [4.78, 5) is 6.45. The number of benzene rings is 1. The minimum Gasteiger partial charge on any atom is -0.337 e. The molecule has 8 nitrogen and oxygen atoms in total. The Balaban J connectivity index is 1.71. The van der Waals surface area contributed by atoms with Gasteiger partial charge in [0.2, 0.25) is 11.7 Å². The first-order valence-electron chi connectivity index (χ1n) is 7.88. The van der Waals surface area contributed by atoms with Gasteiger partial charge in [-0.05, 0) is 37.6 Å². The summed E-state index contributed by atoms with van der Waals surface area (Å²) >= 11 is 0. The van der Waals surface area contributed by atoms with Crippen molar-refractivity contribution in [3.63, 3.8) is 0 Å². The van der Waals surface area contributed by atoms with Gasteiger partial charge in [-0.25, -0.2) is 9.53 Å². The van der Waals surface area contributed by atoms with Gasteiger partial charge in [-0.2, -0.15) is 17.7 Å². The lowest BCUT2D eigenvalue weighted by Crippen LogP contribution is -2.51. The second kappa shape index (κ2) is 6.79. The average molecular weight is 369 g/mol. The molecular weight excluding hydrogens is 349 g/mol. The third kappa shape index (κ3) is 3.87. The predicted octanol–water partition coefficient (Wildman–Crippen LogP) is 1.07. The van der Waals surface area contributed by atoms with Crippen LogP contribution in [0.1, 0.15) is 24.4 Å². The number of aromatic nitrogens is 2. The highest BCUT2D eigenvalue weighted by Gasteiger charge is 2.29. The normalized spacial score (nSPS) is 18.4. The zero-order valence-electron chi connectivity index (χ0n) is 14.0. The summed E-state index contributed by atoms with van der Waals surface area (Å²) in [5, 5.41) is 9.11. The van der Waals surface area contributed by atoms with Gasteiger partial charge in [0.1, 0.15) is 5.82 Å². The second-order valence-corrected chi connectivity index (χ2v) is 7.62. The Morgan fingerprint density at radius 3 is 2.56 bits per heavy atom. The highest BCUT2D eigenvalue weighted by molar-refractivity contribution is 7.86. The Labute approximate surface area is 145 Å². The summed E-state index contributed by atoms with van der Waals surface area (Å²) < 4.78 is 42.7. The zero-order valence-corrected chi connectivity index (χ0v) is 14.8. The van der Waals surface area contributed by atoms with E-state index >= 15 is 0 Å². The van der Waals surface area contributed by atoms with E-state index in [1.54, 1.807) is 19.1 Å². The molecule has 1 saturated heterocycles. The molecule has 2 heterocycles. The van der Waals surface area contributed by atoms with Crippen molar-refractivity contribution in [2.75, 3.05) is 26.2 Å². The van der Waals surface area contributed by atoms with E-state index in [2.05, 4.69) is 15.0 Å². The van der Waals surface area contributed by atoms with E-state index < -0.39 is 10.2 Å². The minimum atomic E-state index is -3.65. The third-order valence-corrected chi connectivity index (χ3v) is 5.48. The van der Waals surface area contributed by atoms with Crippen molar-refractivity contribution < 1.29 is 17.3 Å². The molecule has 1 atom stereocenters. The molecule has 3 rings (SSSR count). The van der Waals surface area contributed by atoms with Crippen molar-refractivity contribution in [1.82, 2.24) is 19.3 Å². The maximum atomic E-state index is 13.4. The number of hydrogen-bond acceptors (Lipinski definition) is 6. The van der Waals surface area contributed by atoms with Crippen molar-refractivity contribution in [2.45, 2.75) is 19.9 Å². The van der Waals surface area contributed by atoms with Crippen LogP contribution in [0.4, 0.5) is 4.39 Å². The van der Waals surface area contributed by atoms with E-state index in [1.807, 2.05) is 6.92 Å². The van der Waals surface area contributed by atoms with E-state index in [-0.39, 0.29) is 11.9 Å². The molecule has 1 aliphatic heterocycles. The molecule has 0 spiro atoms. The lowest BCUT2D eigenvalue weighted by Gasteiger charge is -2.35. The van der Waals surface area contributed by atoms with Crippen molar-refractivity contribution >= 4 is 10.2 Å². The molecule has 0 saturated carbocycles. The molecule has 0 aliphatic carbocycles. The molecule has 2 N–H and O–H groups in total. The average Bonchev–Trinajstić information content (AvgIpc) is 3.06. The maximum Gasteiger partial charge on any atom is 0.276 e. The second-order valence-electron chi connectivity index (χ2n) is 6.08. The molecule has 10 heteroatoms. The van der Waals surface area contributed by atoms with E-state index in [0.29, 0.717) is 49.0 Å². The van der Waals surface area contributed by atoms with Gasteiger partial charge in [-0.3, -0.25) is 4.90 Å². The standard InChI is InChI=1S/C15H20FN5O3S/c1-10-9-12(3-4-13(10)16)14-18-15(24-19-14)11(2)20-5-7-21(8-6-20)25(17,22)23/h3-4,9,11H,5-8H2,1-2H3,(H2,17,22,23). The maximum absolute atomic E-state index is 13.4. The number of nitrogens with two attached hydrogens (primary N) is 1. The monoisotopic (exact) mass is 369 g/mol. The first-order chi connectivity index (χ1) is 11.8. The topological polar surface area (TPSA) is 106 Å². The lowest BCUT2D eigenvalue weighted by molar-refractivity contribution is 0.124.